The first-order chi connectivity index (χ1) is 24.6. The largest absolute Gasteiger partial charge is 0.377 e. The molecule has 0 aliphatic carbocycles. The Balaban J connectivity index is 1.66. The molecule has 0 saturated heterocycles. The van der Waals surface area contributed by atoms with Crippen molar-refractivity contribution in [3.8, 4) is 12.3 Å². The zero-order chi connectivity index (χ0) is 36.1. The molecule has 1 aromatic rings. The first-order valence-corrected chi connectivity index (χ1v) is 18.3. The van der Waals surface area contributed by atoms with Crippen molar-refractivity contribution in [2.45, 2.75) is 11.8 Å². The van der Waals surface area contributed by atoms with Crippen LogP contribution in [0.2, 0.25) is 0 Å². The molecule has 0 saturated carbocycles. The molecule has 15 nitrogen and oxygen atoms in total. The number of benzene rings is 1. The highest BCUT2D eigenvalue weighted by molar-refractivity contribution is 7.86. The minimum Gasteiger partial charge on any atom is -0.377 e. The van der Waals surface area contributed by atoms with Crippen LogP contribution in [0, 0.1) is 19.3 Å². The highest BCUT2D eigenvalue weighted by atomic mass is 32.2. The summed E-state index contributed by atoms with van der Waals surface area (Å²) in [5.74, 6) is 2.39. The number of rotatable bonds is 39. The van der Waals surface area contributed by atoms with E-state index in [1.807, 2.05) is 6.92 Å². The van der Waals surface area contributed by atoms with Crippen LogP contribution in [-0.4, -0.2) is 174 Å². The van der Waals surface area contributed by atoms with Gasteiger partial charge in [0.15, 0.2) is 0 Å². The van der Waals surface area contributed by atoms with Gasteiger partial charge in [-0.2, -0.15) is 8.42 Å². The second-order valence-corrected chi connectivity index (χ2v) is 11.7. The molecule has 0 atom stereocenters. The van der Waals surface area contributed by atoms with Crippen LogP contribution >= 0.6 is 0 Å². The van der Waals surface area contributed by atoms with Gasteiger partial charge in [-0.15, -0.1) is 6.42 Å². The predicted octanol–water partition coefficient (Wildman–Crippen LogP) is 1.53. The number of ether oxygens (including phenoxy) is 12. The Hall–Kier alpha value is -1.79. The summed E-state index contributed by atoms with van der Waals surface area (Å²) in [6.07, 6.45) is 5.08. The Labute approximate surface area is 298 Å². The molecule has 0 heterocycles. The molecule has 0 radical (unpaired) electrons. The normalized spacial score (nSPS) is 11.7. The van der Waals surface area contributed by atoms with E-state index in [-0.39, 0.29) is 18.1 Å². The second-order valence-electron chi connectivity index (χ2n) is 10.1. The summed E-state index contributed by atoms with van der Waals surface area (Å²) in [6.45, 7) is 12.5. The van der Waals surface area contributed by atoms with E-state index in [0.717, 1.165) is 5.56 Å². The molecule has 290 valence electrons. The Bertz CT molecular complexity index is 1000. The average Bonchev–Trinajstić information content (AvgIpc) is 3.11. The van der Waals surface area contributed by atoms with Gasteiger partial charge >= 0.3 is 0 Å². The molecular weight excluding hydrogens is 680 g/mol. The third kappa shape index (κ3) is 31.0. The van der Waals surface area contributed by atoms with Crippen molar-refractivity contribution in [3.63, 3.8) is 0 Å². The van der Waals surface area contributed by atoms with Crippen molar-refractivity contribution >= 4 is 10.1 Å². The molecule has 0 unspecified atom stereocenters. The molecule has 0 fully saturated rings. The van der Waals surface area contributed by atoms with Gasteiger partial charge in [-0.1, -0.05) is 23.6 Å². The van der Waals surface area contributed by atoms with E-state index in [0.29, 0.717) is 152 Å². The average molecular weight is 739 g/mol. The summed E-state index contributed by atoms with van der Waals surface area (Å²) in [7, 11) is -3.78. The van der Waals surface area contributed by atoms with Crippen LogP contribution in [0.25, 0.3) is 0 Å². The summed E-state index contributed by atoms with van der Waals surface area (Å²) in [5.41, 5.74) is 0.973. The van der Waals surface area contributed by atoms with Crippen LogP contribution in [0.15, 0.2) is 29.2 Å². The van der Waals surface area contributed by atoms with Crippen LogP contribution in [0.5, 0.6) is 0 Å². The van der Waals surface area contributed by atoms with E-state index in [9.17, 15) is 8.42 Å². The first-order valence-electron chi connectivity index (χ1n) is 16.9. The number of hydrogen-bond donors (Lipinski definition) is 0. The summed E-state index contributed by atoms with van der Waals surface area (Å²) in [5, 5.41) is 0. The van der Waals surface area contributed by atoms with Crippen molar-refractivity contribution in [1.82, 2.24) is 0 Å². The predicted molar refractivity (Wildman–Crippen MR) is 183 cm³/mol. The second kappa shape index (κ2) is 35.6. The minimum absolute atomic E-state index is 0.0622. The lowest BCUT2D eigenvalue weighted by atomic mass is 10.2. The quantitative estimate of drug-likeness (QED) is 0.0545. The standard InChI is InChI=1S/C34H58O15S/c1-3-8-37-9-10-38-11-12-39-13-14-40-15-16-41-17-18-42-19-20-43-21-22-44-23-24-45-25-26-46-27-28-47-29-30-48-31-32-49-50(35,36)34-6-4-33(2)5-7-34/h1,4-7H,8-32H2,2H3. The van der Waals surface area contributed by atoms with E-state index < -0.39 is 10.1 Å². The first kappa shape index (κ1) is 46.2. The number of aryl methyl sites for hydroxylation is 1. The highest BCUT2D eigenvalue weighted by Crippen LogP contribution is 2.12. The van der Waals surface area contributed by atoms with Gasteiger partial charge in [0, 0.05) is 0 Å². The van der Waals surface area contributed by atoms with Gasteiger partial charge in [0.1, 0.15) is 6.61 Å². The van der Waals surface area contributed by atoms with E-state index in [2.05, 4.69) is 5.92 Å². The molecular formula is C34H58O15S. The van der Waals surface area contributed by atoms with Gasteiger partial charge in [0.2, 0.25) is 0 Å². The lowest BCUT2D eigenvalue weighted by Crippen LogP contribution is -2.16. The van der Waals surface area contributed by atoms with Crippen LogP contribution in [0.4, 0.5) is 0 Å². The van der Waals surface area contributed by atoms with Gasteiger partial charge in [0.05, 0.1) is 163 Å². The van der Waals surface area contributed by atoms with E-state index in [1.54, 1.807) is 12.1 Å². The van der Waals surface area contributed by atoms with Gasteiger partial charge in [-0.25, -0.2) is 0 Å². The van der Waals surface area contributed by atoms with Crippen LogP contribution in [-0.2, 0) is 71.1 Å². The summed E-state index contributed by atoms with van der Waals surface area (Å²) >= 11 is 0. The maximum atomic E-state index is 12.1. The molecule has 1 aromatic carbocycles. The molecule has 0 aliphatic heterocycles. The zero-order valence-electron chi connectivity index (χ0n) is 29.6. The smallest absolute Gasteiger partial charge is 0.297 e. The van der Waals surface area contributed by atoms with Crippen LogP contribution in [0.1, 0.15) is 5.56 Å². The molecule has 0 aliphatic rings. The molecule has 0 spiro atoms. The number of terminal acetylenes is 1. The van der Waals surface area contributed by atoms with Gasteiger partial charge in [0.25, 0.3) is 10.1 Å². The lowest BCUT2D eigenvalue weighted by molar-refractivity contribution is -0.0283. The number of hydrogen-bond acceptors (Lipinski definition) is 15. The Kier molecular flexibility index (Phi) is 32.9. The maximum Gasteiger partial charge on any atom is 0.297 e. The molecule has 0 N–H and O–H groups in total. The van der Waals surface area contributed by atoms with E-state index in [1.165, 1.54) is 12.1 Å². The molecule has 16 heteroatoms. The molecule has 0 aromatic heterocycles. The van der Waals surface area contributed by atoms with Crippen LogP contribution < -0.4 is 0 Å². The molecule has 50 heavy (non-hydrogen) atoms. The minimum atomic E-state index is -3.78. The van der Waals surface area contributed by atoms with Crippen molar-refractivity contribution < 1.29 is 69.4 Å². The monoisotopic (exact) mass is 738 g/mol. The maximum absolute atomic E-state index is 12.1. The SMILES string of the molecule is C#CCOCCOCCOCCOCCOCCOCCOCCOCCOCCOCCOCCOCCOS(=O)(=O)c1ccc(C)cc1. The van der Waals surface area contributed by atoms with Crippen molar-refractivity contribution in [3.05, 3.63) is 29.8 Å². The summed E-state index contributed by atoms with van der Waals surface area (Å²) in [6, 6.07) is 6.47. The van der Waals surface area contributed by atoms with Crippen LogP contribution in [0.3, 0.4) is 0 Å². The van der Waals surface area contributed by atoms with E-state index in [4.69, 9.17) is 67.4 Å². The fraction of sp³-hybridized carbons (Fsp3) is 0.765. The third-order valence-electron chi connectivity index (χ3n) is 6.05. The fourth-order valence-corrected chi connectivity index (χ4v) is 4.42. The highest BCUT2D eigenvalue weighted by Gasteiger charge is 2.14. The zero-order valence-corrected chi connectivity index (χ0v) is 30.4. The Morgan fingerprint density at radius 3 is 0.920 bits per heavy atom. The lowest BCUT2D eigenvalue weighted by Gasteiger charge is -2.09. The molecule has 0 amide bonds. The summed E-state index contributed by atoms with van der Waals surface area (Å²) < 4.78 is 93.9. The Morgan fingerprint density at radius 2 is 0.660 bits per heavy atom. The topological polar surface area (TPSA) is 154 Å². The fourth-order valence-electron chi connectivity index (χ4n) is 3.53. The van der Waals surface area contributed by atoms with Crippen molar-refractivity contribution in [1.29, 1.82) is 0 Å². The van der Waals surface area contributed by atoms with E-state index >= 15 is 0 Å². The van der Waals surface area contributed by atoms with Crippen molar-refractivity contribution in [2.75, 3.05) is 165 Å². The van der Waals surface area contributed by atoms with Gasteiger partial charge in [-0.3, -0.25) is 4.18 Å². The molecule has 1 rings (SSSR count). The Morgan fingerprint density at radius 1 is 0.420 bits per heavy atom. The van der Waals surface area contributed by atoms with Gasteiger partial charge < -0.3 is 56.8 Å². The summed E-state index contributed by atoms with van der Waals surface area (Å²) in [4.78, 5) is 0.126. The molecule has 0 bridgehead atoms. The van der Waals surface area contributed by atoms with Crippen molar-refractivity contribution in [2.24, 2.45) is 0 Å². The third-order valence-corrected chi connectivity index (χ3v) is 7.38. The van der Waals surface area contributed by atoms with Gasteiger partial charge in [-0.05, 0) is 19.1 Å².